The molecule has 0 aliphatic heterocycles. The molecule has 0 aliphatic rings. The average Bonchev–Trinajstić information content (AvgIpc) is 2.94. The zero-order valence-corrected chi connectivity index (χ0v) is 13.2. The topological polar surface area (TPSA) is 68.5 Å². The van der Waals surface area contributed by atoms with Crippen molar-refractivity contribution in [3.8, 4) is 5.75 Å². The summed E-state index contributed by atoms with van der Waals surface area (Å²) in [7, 11) is 1.60. The van der Waals surface area contributed by atoms with Crippen LogP contribution < -0.4 is 15.4 Å². The van der Waals surface area contributed by atoms with E-state index in [1.807, 2.05) is 24.3 Å². The van der Waals surface area contributed by atoms with Crippen molar-refractivity contribution in [2.75, 3.05) is 12.0 Å². The molecule has 1 aromatic carbocycles. The van der Waals surface area contributed by atoms with Gasteiger partial charge < -0.3 is 10.5 Å². The van der Waals surface area contributed by atoms with Crippen molar-refractivity contribution in [2.45, 2.75) is 26.3 Å². The molecule has 0 atom stereocenters. The van der Waals surface area contributed by atoms with E-state index in [9.17, 15) is 4.79 Å². The molecule has 5 nitrogen and oxygen atoms in total. The van der Waals surface area contributed by atoms with E-state index < -0.39 is 6.03 Å². The second kappa shape index (κ2) is 6.58. The quantitative estimate of drug-likeness (QED) is 0.921. The molecule has 0 saturated carbocycles. The summed E-state index contributed by atoms with van der Waals surface area (Å²) in [4.78, 5) is 18.7. The molecule has 0 fully saturated rings. The molecule has 1 aromatic heterocycles. The van der Waals surface area contributed by atoms with E-state index in [-0.39, 0.29) is 0 Å². The maximum absolute atomic E-state index is 11.8. The molecule has 0 spiro atoms. The average molecular weight is 305 g/mol. The molecule has 2 aromatic rings. The first-order chi connectivity index (χ1) is 10.0. The molecular weight excluding hydrogens is 286 g/mol. The maximum Gasteiger partial charge on any atom is 0.321 e. The number of rotatable bonds is 5. The summed E-state index contributed by atoms with van der Waals surface area (Å²) in [5, 5.41) is 0.608. The number of nitrogens with two attached hydrogens (primary N) is 1. The standard InChI is InChI=1S/C15H19N3O2S/c1-10(2)13-8-17-15(21-13)18(14(16)19)9-11-6-4-5-7-12(11)20-3/h4-8,10H,9H2,1-3H3,(H2,16,19). The second-order valence-corrected chi connectivity index (χ2v) is 5.98. The van der Waals surface area contributed by atoms with Gasteiger partial charge in [-0.2, -0.15) is 0 Å². The van der Waals surface area contributed by atoms with Crippen LogP contribution in [0, 0.1) is 0 Å². The Bertz CT molecular complexity index is 625. The number of ether oxygens (including phenoxy) is 1. The van der Waals surface area contributed by atoms with Crippen LogP contribution in [0.3, 0.4) is 0 Å². The number of aromatic nitrogens is 1. The summed E-state index contributed by atoms with van der Waals surface area (Å²) in [6.07, 6.45) is 1.79. The summed E-state index contributed by atoms with van der Waals surface area (Å²) in [6, 6.07) is 7.03. The summed E-state index contributed by atoms with van der Waals surface area (Å²) in [5.74, 6) is 1.10. The van der Waals surface area contributed by atoms with E-state index in [4.69, 9.17) is 10.5 Å². The van der Waals surface area contributed by atoms with E-state index in [1.165, 1.54) is 16.2 Å². The van der Waals surface area contributed by atoms with Gasteiger partial charge in [0.25, 0.3) is 0 Å². The van der Waals surface area contributed by atoms with Crippen molar-refractivity contribution in [1.82, 2.24) is 4.98 Å². The SMILES string of the molecule is COc1ccccc1CN(C(N)=O)c1ncc(C(C)C)s1. The Labute approximate surface area is 128 Å². The van der Waals surface area contributed by atoms with Gasteiger partial charge in [-0.1, -0.05) is 32.0 Å². The van der Waals surface area contributed by atoms with Crippen molar-refractivity contribution >= 4 is 22.5 Å². The number of carbonyl (C=O) groups excluding carboxylic acids is 1. The Kier molecular flexibility index (Phi) is 4.80. The minimum absolute atomic E-state index is 0.338. The van der Waals surface area contributed by atoms with Crippen molar-refractivity contribution in [1.29, 1.82) is 0 Å². The molecule has 0 bridgehead atoms. The van der Waals surface area contributed by atoms with Gasteiger partial charge >= 0.3 is 6.03 Å². The number of para-hydroxylation sites is 1. The monoisotopic (exact) mass is 305 g/mol. The molecule has 0 unspecified atom stereocenters. The summed E-state index contributed by atoms with van der Waals surface area (Å²) < 4.78 is 5.31. The molecule has 2 N–H and O–H groups in total. The van der Waals surface area contributed by atoms with Crippen LogP contribution in [0.4, 0.5) is 9.93 Å². The number of primary amides is 1. The number of urea groups is 1. The van der Waals surface area contributed by atoms with Crippen LogP contribution >= 0.6 is 11.3 Å². The number of hydrogen-bond donors (Lipinski definition) is 1. The highest BCUT2D eigenvalue weighted by Gasteiger charge is 2.19. The minimum atomic E-state index is -0.523. The highest BCUT2D eigenvalue weighted by atomic mass is 32.1. The summed E-state index contributed by atoms with van der Waals surface area (Å²) >= 11 is 1.48. The van der Waals surface area contributed by atoms with Crippen LogP contribution in [0.5, 0.6) is 5.75 Å². The molecule has 2 amide bonds. The van der Waals surface area contributed by atoms with Crippen LogP contribution in [0.15, 0.2) is 30.5 Å². The van der Waals surface area contributed by atoms with Gasteiger partial charge in [-0.05, 0) is 12.0 Å². The lowest BCUT2D eigenvalue weighted by atomic mass is 10.2. The highest BCUT2D eigenvalue weighted by Crippen LogP contribution is 2.30. The van der Waals surface area contributed by atoms with Gasteiger partial charge in [0, 0.05) is 16.6 Å². The lowest BCUT2D eigenvalue weighted by molar-refractivity contribution is 0.253. The van der Waals surface area contributed by atoms with Crippen LogP contribution in [0.25, 0.3) is 0 Å². The van der Waals surface area contributed by atoms with E-state index in [2.05, 4.69) is 18.8 Å². The lowest BCUT2D eigenvalue weighted by Crippen LogP contribution is -2.35. The first-order valence-corrected chi connectivity index (χ1v) is 7.49. The van der Waals surface area contributed by atoms with Gasteiger partial charge in [-0.15, -0.1) is 11.3 Å². The Morgan fingerprint density at radius 3 is 2.71 bits per heavy atom. The zero-order valence-electron chi connectivity index (χ0n) is 12.4. The number of carbonyl (C=O) groups is 1. The fraction of sp³-hybridized carbons (Fsp3) is 0.333. The Morgan fingerprint density at radius 2 is 2.14 bits per heavy atom. The number of amides is 2. The zero-order chi connectivity index (χ0) is 15.4. The highest BCUT2D eigenvalue weighted by molar-refractivity contribution is 7.15. The van der Waals surface area contributed by atoms with Crippen molar-refractivity contribution in [2.24, 2.45) is 5.73 Å². The fourth-order valence-corrected chi connectivity index (χ4v) is 2.83. The van der Waals surface area contributed by atoms with E-state index in [0.29, 0.717) is 17.6 Å². The third-order valence-electron chi connectivity index (χ3n) is 3.10. The number of methoxy groups -OCH3 is 1. The van der Waals surface area contributed by atoms with E-state index >= 15 is 0 Å². The minimum Gasteiger partial charge on any atom is -0.496 e. The number of hydrogen-bond acceptors (Lipinski definition) is 4. The maximum atomic E-state index is 11.8. The largest absolute Gasteiger partial charge is 0.496 e. The van der Waals surface area contributed by atoms with Gasteiger partial charge in [-0.3, -0.25) is 4.90 Å². The molecule has 6 heteroatoms. The van der Waals surface area contributed by atoms with E-state index in [1.54, 1.807) is 13.3 Å². The van der Waals surface area contributed by atoms with Gasteiger partial charge in [0.15, 0.2) is 5.13 Å². The predicted octanol–water partition coefficient (Wildman–Crippen LogP) is 3.36. The molecule has 1 heterocycles. The number of nitrogens with zero attached hydrogens (tertiary/aromatic N) is 2. The molecule has 2 rings (SSSR count). The molecule has 0 aliphatic carbocycles. The predicted molar refractivity (Wildman–Crippen MR) is 85.0 cm³/mol. The fourth-order valence-electron chi connectivity index (χ4n) is 1.91. The normalized spacial score (nSPS) is 10.7. The third kappa shape index (κ3) is 3.52. The molecule has 112 valence electrons. The smallest absolute Gasteiger partial charge is 0.321 e. The first kappa shape index (κ1) is 15.3. The second-order valence-electron chi connectivity index (χ2n) is 4.94. The molecule has 21 heavy (non-hydrogen) atoms. The van der Waals surface area contributed by atoms with Gasteiger partial charge in [0.1, 0.15) is 5.75 Å². The Morgan fingerprint density at radius 1 is 1.43 bits per heavy atom. The third-order valence-corrected chi connectivity index (χ3v) is 4.42. The summed E-state index contributed by atoms with van der Waals surface area (Å²) in [5.41, 5.74) is 6.40. The van der Waals surface area contributed by atoms with Crippen LogP contribution in [-0.4, -0.2) is 18.1 Å². The Hall–Kier alpha value is -2.08. The van der Waals surface area contributed by atoms with E-state index in [0.717, 1.165) is 16.2 Å². The van der Waals surface area contributed by atoms with Gasteiger partial charge in [-0.25, -0.2) is 9.78 Å². The number of thiazole rings is 1. The molecular formula is C15H19N3O2S. The van der Waals surface area contributed by atoms with Crippen molar-refractivity contribution in [3.05, 3.63) is 40.9 Å². The lowest BCUT2D eigenvalue weighted by Gasteiger charge is -2.18. The van der Waals surface area contributed by atoms with Gasteiger partial charge in [0.05, 0.1) is 13.7 Å². The summed E-state index contributed by atoms with van der Waals surface area (Å²) in [6.45, 7) is 4.52. The Balaban J connectivity index is 2.29. The first-order valence-electron chi connectivity index (χ1n) is 6.67. The van der Waals surface area contributed by atoms with Crippen molar-refractivity contribution in [3.63, 3.8) is 0 Å². The van der Waals surface area contributed by atoms with Crippen LogP contribution in [0.2, 0.25) is 0 Å². The van der Waals surface area contributed by atoms with Crippen LogP contribution in [-0.2, 0) is 6.54 Å². The van der Waals surface area contributed by atoms with Gasteiger partial charge in [0.2, 0.25) is 0 Å². The number of benzene rings is 1. The van der Waals surface area contributed by atoms with Crippen LogP contribution in [0.1, 0.15) is 30.2 Å². The molecule has 0 saturated heterocycles. The number of anilines is 1. The van der Waals surface area contributed by atoms with Crippen molar-refractivity contribution < 1.29 is 9.53 Å². The molecule has 0 radical (unpaired) electrons.